The lowest BCUT2D eigenvalue weighted by molar-refractivity contribution is -0.125. The van der Waals surface area contributed by atoms with Crippen LogP contribution in [0, 0.1) is 22.7 Å². The van der Waals surface area contributed by atoms with Gasteiger partial charge in [0.1, 0.15) is 17.6 Å². The summed E-state index contributed by atoms with van der Waals surface area (Å²) in [6.07, 6.45) is 1.15. The summed E-state index contributed by atoms with van der Waals surface area (Å²) in [7, 11) is 0. The number of amides is 3. The summed E-state index contributed by atoms with van der Waals surface area (Å²) in [6.45, 7) is 6.37. The Bertz CT molecular complexity index is 1120. The lowest BCUT2D eigenvalue weighted by Crippen LogP contribution is -2.51. The van der Waals surface area contributed by atoms with Crippen LogP contribution in [0.2, 0.25) is 10.0 Å². The molecule has 3 amide bonds. The van der Waals surface area contributed by atoms with Crippen LogP contribution in [0.1, 0.15) is 50.7 Å². The number of imidazole rings is 1. The molecule has 0 bridgehead atoms. The molecule has 1 saturated heterocycles. The van der Waals surface area contributed by atoms with E-state index in [0.717, 1.165) is 0 Å². The molecule has 0 radical (unpaired) electrons. The van der Waals surface area contributed by atoms with Crippen LogP contribution in [0.15, 0.2) is 12.1 Å². The van der Waals surface area contributed by atoms with Gasteiger partial charge in [-0.2, -0.15) is 5.26 Å². The number of halogens is 2. The minimum Gasteiger partial charge on any atom is -0.356 e. The fourth-order valence-corrected chi connectivity index (χ4v) is 4.30. The zero-order valence-electron chi connectivity index (χ0n) is 18.6. The smallest absolute Gasteiger partial charge is 0.287 e. The van der Waals surface area contributed by atoms with Crippen LogP contribution in [-0.2, 0) is 9.59 Å². The Morgan fingerprint density at radius 1 is 1.30 bits per heavy atom. The Kier molecular flexibility index (Phi) is 7.50. The highest BCUT2D eigenvalue weighted by atomic mass is 35.5. The quantitative estimate of drug-likeness (QED) is 0.470. The third-order valence-corrected chi connectivity index (χ3v) is 5.82. The molecule has 0 saturated carbocycles. The number of carbonyl (C=O) groups is 3. The Morgan fingerprint density at radius 3 is 2.64 bits per heavy atom. The minimum atomic E-state index is -0.918. The maximum absolute atomic E-state index is 13.0. The zero-order chi connectivity index (χ0) is 24.3. The van der Waals surface area contributed by atoms with E-state index in [2.05, 4.69) is 25.9 Å². The lowest BCUT2D eigenvalue weighted by Gasteiger charge is -2.27. The van der Waals surface area contributed by atoms with Gasteiger partial charge in [0.05, 0.1) is 16.6 Å². The summed E-state index contributed by atoms with van der Waals surface area (Å²) in [5.74, 6) is -1.54. The van der Waals surface area contributed by atoms with Gasteiger partial charge in [-0.1, -0.05) is 44.0 Å². The summed E-state index contributed by atoms with van der Waals surface area (Å²) in [6, 6.07) is 3.40. The molecule has 9 nitrogen and oxygen atoms in total. The summed E-state index contributed by atoms with van der Waals surface area (Å²) >= 11 is 12.2. The highest BCUT2D eigenvalue weighted by molar-refractivity contribution is 6.38. The number of aromatic amines is 1. The second-order valence-corrected chi connectivity index (χ2v) is 10.2. The van der Waals surface area contributed by atoms with E-state index in [1.54, 1.807) is 6.07 Å². The number of carbonyl (C=O) groups excluding carboxylic acids is 3. The summed E-state index contributed by atoms with van der Waals surface area (Å²) in [4.78, 5) is 44.9. The number of fused-ring (bicyclic) bond motifs is 1. The lowest BCUT2D eigenvalue weighted by atomic mass is 9.87. The second kappa shape index (κ2) is 9.98. The van der Waals surface area contributed by atoms with Crippen LogP contribution >= 0.6 is 23.2 Å². The van der Waals surface area contributed by atoms with Crippen molar-refractivity contribution in [1.82, 2.24) is 25.9 Å². The monoisotopic (exact) mass is 492 g/mol. The van der Waals surface area contributed by atoms with Crippen molar-refractivity contribution in [2.75, 3.05) is 6.54 Å². The highest BCUT2D eigenvalue weighted by Crippen LogP contribution is 2.26. The molecule has 0 aliphatic carbocycles. The maximum atomic E-state index is 13.0. The molecule has 0 unspecified atom stereocenters. The van der Waals surface area contributed by atoms with Crippen molar-refractivity contribution < 1.29 is 14.4 Å². The van der Waals surface area contributed by atoms with E-state index in [1.165, 1.54) is 6.07 Å². The van der Waals surface area contributed by atoms with Crippen molar-refractivity contribution >= 4 is 52.0 Å². The standard InChI is InChI=1S/C22H26Cl2N6O3/c1-22(2,3)9-16(20(32)27-13(10-25)6-11-4-5-26-19(11)31)29-21(33)18-28-15-8-12(23)7-14(24)17(15)30-18/h7-8,11,13,16H,4-6,9H2,1-3H3,(H,26,31)(H,27,32)(H,28,30)(H,29,33)/t11-,13-,16-/m0/s1. The van der Waals surface area contributed by atoms with Crippen molar-refractivity contribution in [3.8, 4) is 6.07 Å². The van der Waals surface area contributed by atoms with Gasteiger partial charge in [0.25, 0.3) is 5.91 Å². The van der Waals surface area contributed by atoms with Crippen LogP contribution in [0.5, 0.6) is 0 Å². The van der Waals surface area contributed by atoms with Gasteiger partial charge in [0, 0.05) is 17.5 Å². The van der Waals surface area contributed by atoms with Crippen molar-refractivity contribution in [3.63, 3.8) is 0 Å². The zero-order valence-corrected chi connectivity index (χ0v) is 20.1. The van der Waals surface area contributed by atoms with E-state index >= 15 is 0 Å². The Labute approximate surface area is 201 Å². The Morgan fingerprint density at radius 2 is 2.03 bits per heavy atom. The number of benzene rings is 1. The van der Waals surface area contributed by atoms with Crippen molar-refractivity contribution in [2.45, 2.75) is 52.1 Å². The molecular formula is C22H26Cl2N6O3. The molecule has 2 heterocycles. The average molecular weight is 493 g/mol. The first-order valence-electron chi connectivity index (χ1n) is 10.6. The van der Waals surface area contributed by atoms with Crippen LogP contribution in [0.4, 0.5) is 0 Å². The number of aromatic nitrogens is 2. The number of rotatable bonds is 7. The summed E-state index contributed by atoms with van der Waals surface area (Å²) in [5.41, 5.74) is 0.587. The average Bonchev–Trinajstić information content (AvgIpc) is 3.32. The fourth-order valence-electron chi connectivity index (χ4n) is 3.77. The van der Waals surface area contributed by atoms with Crippen molar-refractivity contribution in [1.29, 1.82) is 5.26 Å². The number of hydrogen-bond acceptors (Lipinski definition) is 5. The molecule has 3 rings (SSSR count). The number of H-pyrrole nitrogens is 1. The molecule has 176 valence electrons. The normalized spacial score (nSPS) is 17.8. The van der Waals surface area contributed by atoms with E-state index in [-0.39, 0.29) is 29.5 Å². The topological polar surface area (TPSA) is 140 Å². The number of nitrogens with zero attached hydrogens (tertiary/aromatic N) is 2. The molecule has 1 aliphatic rings. The molecule has 1 aliphatic heterocycles. The largest absolute Gasteiger partial charge is 0.356 e. The van der Waals surface area contributed by atoms with E-state index in [9.17, 15) is 19.6 Å². The van der Waals surface area contributed by atoms with Crippen LogP contribution in [-0.4, -0.2) is 46.3 Å². The third kappa shape index (κ3) is 6.36. The first-order chi connectivity index (χ1) is 15.5. The second-order valence-electron chi connectivity index (χ2n) is 9.36. The molecule has 0 spiro atoms. The Hall–Kier alpha value is -2.83. The molecular weight excluding hydrogens is 467 g/mol. The molecule has 3 atom stereocenters. The molecule has 11 heteroatoms. The van der Waals surface area contributed by atoms with Crippen molar-refractivity contribution in [2.24, 2.45) is 11.3 Å². The number of nitriles is 1. The molecule has 1 aromatic carbocycles. The van der Waals surface area contributed by atoms with E-state index in [1.807, 2.05) is 26.8 Å². The minimum absolute atomic E-state index is 0.0136. The van der Waals surface area contributed by atoms with Gasteiger partial charge in [0.2, 0.25) is 11.8 Å². The van der Waals surface area contributed by atoms with Gasteiger partial charge in [-0.25, -0.2) is 4.98 Å². The summed E-state index contributed by atoms with van der Waals surface area (Å²) in [5, 5.41) is 18.3. The maximum Gasteiger partial charge on any atom is 0.287 e. The molecule has 4 N–H and O–H groups in total. The predicted molar refractivity (Wildman–Crippen MR) is 125 cm³/mol. The van der Waals surface area contributed by atoms with Gasteiger partial charge in [-0.15, -0.1) is 0 Å². The van der Waals surface area contributed by atoms with Gasteiger partial charge >= 0.3 is 0 Å². The first-order valence-corrected chi connectivity index (χ1v) is 11.4. The van der Waals surface area contributed by atoms with Crippen LogP contribution < -0.4 is 16.0 Å². The van der Waals surface area contributed by atoms with E-state index < -0.39 is 23.9 Å². The van der Waals surface area contributed by atoms with Crippen LogP contribution in [0.3, 0.4) is 0 Å². The van der Waals surface area contributed by atoms with Gasteiger partial charge in [-0.3, -0.25) is 14.4 Å². The highest BCUT2D eigenvalue weighted by Gasteiger charge is 2.32. The van der Waals surface area contributed by atoms with E-state index in [4.69, 9.17) is 23.2 Å². The SMILES string of the molecule is CC(C)(C)C[C@H](NC(=O)c1nc2c(Cl)cc(Cl)cc2[nH]1)C(=O)N[C@H](C#N)C[C@@H]1CCNC1=O. The molecule has 33 heavy (non-hydrogen) atoms. The predicted octanol–water partition coefficient (Wildman–Crippen LogP) is 2.94. The van der Waals surface area contributed by atoms with E-state index in [0.29, 0.717) is 40.5 Å². The fraction of sp³-hybridized carbons (Fsp3) is 0.500. The third-order valence-electron chi connectivity index (χ3n) is 5.31. The van der Waals surface area contributed by atoms with Crippen LogP contribution in [0.25, 0.3) is 11.0 Å². The molecule has 2 aromatic rings. The molecule has 1 fully saturated rings. The van der Waals surface area contributed by atoms with Crippen molar-refractivity contribution in [3.05, 3.63) is 28.0 Å². The van der Waals surface area contributed by atoms with Gasteiger partial charge < -0.3 is 20.9 Å². The Balaban J connectivity index is 1.75. The van der Waals surface area contributed by atoms with Gasteiger partial charge in [0.15, 0.2) is 5.82 Å². The van der Waals surface area contributed by atoms with Gasteiger partial charge in [-0.05, 0) is 36.8 Å². The number of hydrogen-bond donors (Lipinski definition) is 4. The first kappa shape index (κ1) is 24.8. The number of nitrogens with one attached hydrogen (secondary N) is 4. The molecule has 1 aromatic heterocycles. The summed E-state index contributed by atoms with van der Waals surface area (Å²) < 4.78 is 0.